The summed E-state index contributed by atoms with van der Waals surface area (Å²) in [6, 6.07) is 4.79. The van der Waals surface area contributed by atoms with Crippen LogP contribution in [0.1, 0.15) is 26.7 Å². The van der Waals surface area contributed by atoms with Gasteiger partial charge in [0.15, 0.2) is 0 Å². The minimum atomic E-state index is -0.796. The zero-order chi connectivity index (χ0) is 14.7. The molecule has 0 aliphatic carbocycles. The van der Waals surface area contributed by atoms with Crippen molar-refractivity contribution >= 4 is 11.4 Å². The first-order chi connectivity index (χ1) is 9.47. The Morgan fingerprint density at radius 1 is 1.40 bits per heavy atom. The molecule has 0 amide bonds. The number of nitrogens with zero attached hydrogens (tertiary/aromatic N) is 2. The van der Waals surface area contributed by atoms with Gasteiger partial charge in [0.25, 0.3) is 0 Å². The smallest absolute Gasteiger partial charge is 0.306 e. The summed E-state index contributed by atoms with van der Waals surface area (Å²) in [7, 11) is 0. The number of piperidine rings is 1. The summed E-state index contributed by atoms with van der Waals surface area (Å²) in [5, 5.41) is 14.0. The van der Waals surface area contributed by atoms with Gasteiger partial charge >= 0.3 is 5.69 Å². The van der Waals surface area contributed by atoms with Crippen LogP contribution in [-0.2, 0) is 0 Å². The van der Waals surface area contributed by atoms with E-state index in [-0.39, 0.29) is 6.04 Å². The highest BCUT2D eigenvalue weighted by Gasteiger charge is 2.21. The maximum Gasteiger partial charge on any atom is 0.306 e. The van der Waals surface area contributed by atoms with Crippen LogP contribution in [0, 0.1) is 15.9 Å². The number of halogens is 1. The summed E-state index contributed by atoms with van der Waals surface area (Å²) in [6.07, 6.45) is 1.98. The van der Waals surface area contributed by atoms with E-state index in [4.69, 9.17) is 0 Å². The number of anilines is 1. The number of nitro benzene ring substituents is 1. The van der Waals surface area contributed by atoms with E-state index in [2.05, 4.69) is 24.1 Å². The van der Waals surface area contributed by atoms with Crippen molar-refractivity contribution in [3.8, 4) is 0 Å². The molecule has 0 saturated carbocycles. The van der Waals surface area contributed by atoms with Gasteiger partial charge in [0.1, 0.15) is 0 Å². The second-order valence-electron chi connectivity index (χ2n) is 5.47. The number of benzene rings is 1. The van der Waals surface area contributed by atoms with E-state index in [1.54, 1.807) is 6.07 Å². The highest BCUT2D eigenvalue weighted by atomic mass is 19.1. The Bertz CT molecular complexity index is 485. The monoisotopic (exact) mass is 281 g/mol. The number of rotatable bonds is 4. The number of likely N-dealkylation sites (tertiary alicyclic amines) is 1. The van der Waals surface area contributed by atoms with Crippen LogP contribution in [0.3, 0.4) is 0 Å². The average Bonchev–Trinajstić information content (AvgIpc) is 2.41. The fraction of sp³-hybridized carbons (Fsp3) is 0.571. The van der Waals surface area contributed by atoms with Gasteiger partial charge in [-0.3, -0.25) is 10.1 Å². The molecule has 0 aromatic heterocycles. The van der Waals surface area contributed by atoms with E-state index in [1.165, 1.54) is 6.07 Å². The van der Waals surface area contributed by atoms with Gasteiger partial charge in [0.2, 0.25) is 5.82 Å². The predicted octanol–water partition coefficient (Wildman–Crippen LogP) is 3.02. The van der Waals surface area contributed by atoms with Crippen LogP contribution in [0.2, 0.25) is 0 Å². The lowest BCUT2D eigenvalue weighted by molar-refractivity contribution is -0.387. The van der Waals surface area contributed by atoms with Crippen LogP contribution in [0.4, 0.5) is 15.8 Å². The van der Waals surface area contributed by atoms with Gasteiger partial charge in [-0.1, -0.05) is 0 Å². The largest absolute Gasteiger partial charge is 0.382 e. The summed E-state index contributed by atoms with van der Waals surface area (Å²) >= 11 is 0. The van der Waals surface area contributed by atoms with Crippen molar-refractivity contribution in [2.45, 2.75) is 38.8 Å². The Balaban J connectivity index is 1.98. The van der Waals surface area contributed by atoms with Crippen LogP contribution in [-0.4, -0.2) is 35.0 Å². The molecule has 0 unspecified atom stereocenters. The highest BCUT2D eigenvalue weighted by molar-refractivity contribution is 5.52. The topological polar surface area (TPSA) is 58.4 Å². The van der Waals surface area contributed by atoms with Crippen LogP contribution in [0.15, 0.2) is 18.2 Å². The number of hydrogen-bond donors (Lipinski definition) is 1. The molecule has 1 aromatic rings. The van der Waals surface area contributed by atoms with E-state index >= 15 is 0 Å². The molecule has 5 nitrogen and oxygen atoms in total. The maximum absolute atomic E-state index is 13.3. The standard InChI is InChI=1S/C14H20FN3O2/c1-10(2)17-7-5-11(6-8-17)16-12-3-4-13(15)14(9-12)18(19)20/h3-4,9-11,16H,5-8H2,1-2H3. The molecule has 20 heavy (non-hydrogen) atoms. The molecule has 1 heterocycles. The number of nitro groups is 1. The molecule has 1 N–H and O–H groups in total. The first kappa shape index (κ1) is 14.7. The van der Waals surface area contributed by atoms with E-state index in [0.29, 0.717) is 11.7 Å². The Kier molecular flexibility index (Phi) is 4.54. The molecule has 1 fully saturated rings. The first-order valence-corrected chi connectivity index (χ1v) is 6.92. The second-order valence-corrected chi connectivity index (χ2v) is 5.47. The number of hydrogen-bond acceptors (Lipinski definition) is 4. The Morgan fingerprint density at radius 2 is 2.05 bits per heavy atom. The van der Waals surface area contributed by atoms with Crippen molar-refractivity contribution in [2.24, 2.45) is 0 Å². The molecule has 6 heteroatoms. The van der Waals surface area contributed by atoms with Crippen molar-refractivity contribution in [1.29, 1.82) is 0 Å². The third-order valence-corrected chi connectivity index (χ3v) is 3.77. The van der Waals surface area contributed by atoms with Crippen LogP contribution < -0.4 is 5.32 Å². The molecule has 1 saturated heterocycles. The maximum atomic E-state index is 13.3. The average molecular weight is 281 g/mol. The quantitative estimate of drug-likeness (QED) is 0.681. The van der Waals surface area contributed by atoms with Gasteiger partial charge in [0.05, 0.1) is 4.92 Å². The molecule has 1 aromatic carbocycles. The third kappa shape index (κ3) is 3.45. The third-order valence-electron chi connectivity index (χ3n) is 3.77. The van der Waals surface area contributed by atoms with Gasteiger partial charge in [0, 0.05) is 36.9 Å². The Morgan fingerprint density at radius 3 is 2.60 bits per heavy atom. The molecule has 1 aliphatic rings. The summed E-state index contributed by atoms with van der Waals surface area (Å²) < 4.78 is 13.3. The van der Waals surface area contributed by atoms with Crippen LogP contribution >= 0.6 is 0 Å². The zero-order valence-corrected chi connectivity index (χ0v) is 11.8. The molecule has 0 atom stereocenters. The van der Waals surface area contributed by atoms with Crippen molar-refractivity contribution in [1.82, 2.24) is 4.90 Å². The van der Waals surface area contributed by atoms with E-state index in [1.807, 2.05) is 0 Å². The normalized spacial score (nSPS) is 17.4. The van der Waals surface area contributed by atoms with Gasteiger partial charge < -0.3 is 10.2 Å². The molecule has 1 aliphatic heterocycles. The van der Waals surface area contributed by atoms with Crippen LogP contribution in [0.5, 0.6) is 0 Å². The van der Waals surface area contributed by atoms with Crippen molar-refractivity contribution in [2.75, 3.05) is 18.4 Å². The molecule has 110 valence electrons. The van der Waals surface area contributed by atoms with Crippen molar-refractivity contribution < 1.29 is 9.31 Å². The summed E-state index contributed by atoms with van der Waals surface area (Å²) in [6.45, 7) is 6.38. The Hall–Kier alpha value is -1.69. The van der Waals surface area contributed by atoms with Crippen molar-refractivity contribution in [3.05, 3.63) is 34.1 Å². The fourth-order valence-corrected chi connectivity index (χ4v) is 2.54. The summed E-state index contributed by atoms with van der Waals surface area (Å²) in [5.41, 5.74) is 0.135. The lowest BCUT2D eigenvalue weighted by Crippen LogP contribution is -2.42. The van der Waals surface area contributed by atoms with E-state index in [0.717, 1.165) is 32.0 Å². The zero-order valence-electron chi connectivity index (χ0n) is 11.8. The molecule has 0 radical (unpaired) electrons. The molecule has 2 rings (SSSR count). The van der Waals surface area contributed by atoms with Gasteiger partial charge in [-0.15, -0.1) is 0 Å². The van der Waals surface area contributed by atoms with Crippen molar-refractivity contribution in [3.63, 3.8) is 0 Å². The van der Waals surface area contributed by atoms with E-state index in [9.17, 15) is 14.5 Å². The lowest BCUT2D eigenvalue weighted by atomic mass is 10.0. The van der Waals surface area contributed by atoms with Crippen LogP contribution in [0.25, 0.3) is 0 Å². The predicted molar refractivity (Wildman–Crippen MR) is 76.4 cm³/mol. The van der Waals surface area contributed by atoms with E-state index < -0.39 is 16.4 Å². The molecular formula is C14H20FN3O2. The molecule has 0 bridgehead atoms. The first-order valence-electron chi connectivity index (χ1n) is 6.92. The SMILES string of the molecule is CC(C)N1CCC(Nc2ccc(F)c([N+](=O)[O-])c2)CC1. The lowest BCUT2D eigenvalue weighted by Gasteiger charge is -2.35. The highest BCUT2D eigenvalue weighted by Crippen LogP contribution is 2.24. The molecular weight excluding hydrogens is 261 g/mol. The second kappa shape index (κ2) is 6.17. The number of nitrogens with one attached hydrogen (secondary N) is 1. The van der Waals surface area contributed by atoms with Gasteiger partial charge in [-0.2, -0.15) is 4.39 Å². The molecule has 0 spiro atoms. The summed E-state index contributed by atoms with van der Waals surface area (Å²) in [4.78, 5) is 12.4. The summed E-state index contributed by atoms with van der Waals surface area (Å²) in [5.74, 6) is -0.796. The van der Waals surface area contributed by atoms with Gasteiger partial charge in [-0.05, 0) is 38.8 Å². The Labute approximate surface area is 117 Å². The minimum Gasteiger partial charge on any atom is -0.382 e. The van der Waals surface area contributed by atoms with Gasteiger partial charge in [-0.25, -0.2) is 0 Å². The minimum absolute atomic E-state index is 0.287. The fourth-order valence-electron chi connectivity index (χ4n) is 2.54.